The van der Waals surface area contributed by atoms with Crippen molar-refractivity contribution in [1.82, 2.24) is 0 Å². The van der Waals surface area contributed by atoms with Gasteiger partial charge in [-0.2, -0.15) is 0 Å². The molecule has 0 spiro atoms. The second-order valence-corrected chi connectivity index (χ2v) is 8.28. The van der Waals surface area contributed by atoms with E-state index in [0.717, 1.165) is 22.3 Å². The van der Waals surface area contributed by atoms with Crippen LogP contribution in [0.4, 0.5) is 0 Å². The van der Waals surface area contributed by atoms with E-state index in [0.29, 0.717) is 44.5 Å². The van der Waals surface area contributed by atoms with Gasteiger partial charge in [-0.05, 0) is 47.6 Å². The number of carbonyl (C=O) groups is 1. The first kappa shape index (κ1) is 24.5. The van der Waals surface area contributed by atoms with Gasteiger partial charge in [0.05, 0.1) is 18.8 Å². The lowest BCUT2D eigenvalue weighted by atomic mass is 9.97. The number of aliphatic carboxylic acids is 1. The minimum absolute atomic E-state index is 0.0576. The quantitative estimate of drug-likeness (QED) is 0.352. The van der Waals surface area contributed by atoms with Crippen LogP contribution >= 0.6 is 0 Å². The van der Waals surface area contributed by atoms with Crippen LogP contribution in [0.3, 0.4) is 0 Å². The van der Waals surface area contributed by atoms with Gasteiger partial charge >= 0.3 is 5.97 Å². The zero-order chi connectivity index (χ0) is 23.5. The number of hydrogen-bond donors (Lipinski definition) is 3. The van der Waals surface area contributed by atoms with Gasteiger partial charge in [0.15, 0.2) is 0 Å². The first-order valence-electron chi connectivity index (χ1n) is 11.4. The molecule has 174 valence electrons. The minimum Gasteiger partial charge on any atom is -0.493 e. The number of aliphatic hydroxyl groups excluding tert-OH is 2. The van der Waals surface area contributed by atoms with Crippen molar-refractivity contribution in [2.24, 2.45) is 0 Å². The molecule has 0 heterocycles. The van der Waals surface area contributed by atoms with Crippen LogP contribution in [0.1, 0.15) is 47.6 Å². The number of rotatable bonds is 13. The highest BCUT2D eigenvalue weighted by atomic mass is 16.5. The third-order valence-corrected chi connectivity index (χ3v) is 5.66. The van der Waals surface area contributed by atoms with Crippen LogP contribution in [0, 0.1) is 0 Å². The minimum atomic E-state index is -0.836. The molecule has 0 aliphatic rings. The van der Waals surface area contributed by atoms with E-state index in [1.165, 1.54) is 0 Å². The first-order chi connectivity index (χ1) is 16.0. The smallest absolute Gasteiger partial charge is 0.303 e. The van der Waals surface area contributed by atoms with E-state index in [-0.39, 0.29) is 6.42 Å². The average Bonchev–Trinajstić information content (AvgIpc) is 2.83. The van der Waals surface area contributed by atoms with Crippen molar-refractivity contribution < 1.29 is 24.9 Å². The van der Waals surface area contributed by atoms with Gasteiger partial charge in [0, 0.05) is 19.3 Å². The third kappa shape index (κ3) is 8.37. The summed E-state index contributed by atoms with van der Waals surface area (Å²) in [5, 5.41) is 29.9. The van der Waals surface area contributed by atoms with E-state index in [2.05, 4.69) is 0 Å². The fourth-order valence-electron chi connectivity index (χ4n) is 3.79. The molecule has 0 amide bonds. The number of aliphatic hydroxyl groups is 2. The summed E-state index contributed by atoms with van der Waals surface area (Å²) in [4.78, 5) is 10.8. The lowest BCUT2D eigenvalue weighted by Gasteiger charge is -2.15. The highest BCUT2D eigenvalue weighted by molar-refractivity contribution is 5.67. The third-order valence-electron chi connectivity index (χ3n) is 5.66. The molecule has 33 heavy (non-hydrogen) atoms. The van der Waals surface area contributed by atoms with Crippen molar-refractivity contribution in [3.63, 3.8) is 0 Å². The molecule has 3 aromatic carbocycles. The molecule has 3 aromatic rings. The van der Waals surface area contributed by atoms with Crippen molar-refractivity contribution in [2.45, 2.75) is 50.7 Å². The predicted molar refractivity (Wildman–Crippen MR) is 128 cm³/mol. The van der Waals surface area contributed by atoms with Crippen LogP contribution in [-0.2, 0) is 24.1 Å². The van der Waals surface area contributed by atoms with E-state index in [1.54, 1.807) is 0 Å². The Morgan fingerprint density at radius 2 is 1.55 bits per heavy atom. The molecule has 0 unspecified atom stereocenters. The standard InChI is InChI=1S/C28H32O5/c29-25(17-18-33-27-12-5-4-10-23(27)14-16-28(31)32)15-13-22-9-6-11-24(19-22)26(30)20-21-7-2-1-3-8-21/h1-12,19,25-26,29-30H,13-18,20H2,(H,31,32)/t25-,26+/m0/s1. The Morgan fingerprint density at radius 1 is 0.818 bits per heavy atom. The molecule has 0 radical (unpaired) electrons. The van der Waals surface area contributed by atoms with Crippen molar-refractivity contribution in [2.75, 3.05) is 6.61 Å². The highest BCUT2D eigenvalue weighted by Gasteiger charge is 2.11. The number of carboxylic acids is 1. The topological polar surface area (TPSA) is 87.0 Å². The van der Waals surface area contributed by atoms with Crippen molar-refractivity contribution in [3.05, 3.63) is 101 Å². The largest absolute Gasteiger partial charge is 0.493 e. The molecule has 0 fully saturated rings. The Balaban J connectivity index is 1.44. The average molecular weight is 449 g/mol. The summed E-state index contributed by atoms with van der Waals surface area (Å²) >= 11 is 0. The van der Waals surface area contributed by atoms with E-state index in [9.17, 15) is 15.0 Å². The van der Waals surface area contributed by atoms with Crippen molar-refractivity contribution in [3.8, 4) is 5.75 Å². The summed E-state index contributed by atoms with van der Waals surface area (Å²) in [6.07, 6.45) is 1.77. The monoisotopic (exact) mass is 448 g/mol. The van der Waals surface area contributed by atoms with Gasteiger partial charge in [-0.15, -0.1) is 0 Å². The molecular formula is C28H32O5. The summed E-state index contributed by atoms with van der Waals surface area (Å²) in [5.41, 5.74) is 3.92. The lowest BCUT2D eigenvalue weighted by molar-refractivity contribution is -0.136. The van der Waals surface area contributed by atoms with Gasteiger partial charge in [0.1, 0.15) is 5.75 Å². The molecule has 0 saturated carbocycles. The molecular weight excluding hydrogens is 416 g/mol. The van der Waals surface area contributed by atoms with Crippen LogP contribution < -0.4 is 4.74 Å². The van der Waals surface area contributed by atoms with E-state index >= 15 is 0 Å². The second kappa shape index (κ2) is 12.8. The molecule has 5 nitrogen and oxygen atoms in total. The fraction of sp³-hybridized carbons (Fsp3) is 0.321. The zero-order valence-electron chi connectivity index (χ0n) is 18.8. The maximum absolute atomic E-state index is 10.8. The maximum atomic E-state index is 10.8. The molecule has 0 aromatic heterocycles. The zero-order valence-corrected chi connectivity index (χ0v) is 18.8. The van der Waals surface area contributed by atoms with Crippen LogP contribution in [0.2, 0.25) is 0 Å². The van der Waals surface area contributed by atoms with E-state index < -0.39 is 18.2 Å². The van der Waals surface area contributed by atoms with Crippen LogP contribution in [0.15, 0.2) is 78.9 Å². The van der Waals surface area contributed by atoms with Gasteiger partial charge in [0.2, 0.25) is 0 Å². The molecule has 5 heteroatoms. The molecule has 0 bridgehead atoms. The van der Waals surface area contributed by atoms with Gasteiger partial charge in [0.25, 0.3) is 0 Å². The van der Waals surface area contributed by atoms with E-state index in [1.807, 2.05) is 78.9 Å². The number of ether oxygens (including phenoxy) is 1. The maximum Gasteiger partial charge on any atom is 0.303 e. The molecule has 2 atom stereocenters. The molecule has 0 aliphatic heterocycles. The SMILES string of the molecule is O=C(O)CCc1ccccc1OCC[C@@H](O)CCc1cccc([C@H](O)Cc2ccccc2)c1. The number of carboxylic acid groups (broad SMARTS) is 1. The number of para-hydroxylation sites is 1. The summed E-state index contributed by atoms with van der Waals surface area (Å²) in [5.74, 6) is -0.164. The van der Waals surface area contributed by atoms with Gasteiger partial charge in [-0.25, -0.2) is 0 Å². The van der Waals surface area contributed by atoms with Crippen LogP contribution in [0.25, 0.3) is 0 Å². The van der Waals surface area contributed by atoms with Gasteiger partial charge in [-0.3, -0.25) is 4.79 Å². The molecule has 0 saturated heterocycles. The van der Waals surface area contributed by atoms with Gasteiger partial charge in [-0.1, -0.05) is 72.8 Å². The summed E-state index contributed by atoms with van der Waals surface area (Å²) in [6, 6.07) is 25.2. The van der Waals surface area contributed by atoms with Gasteiger partial charge < -0.3 is 20.1 Å². The highest BCUT2D eigenvalue weighted by Crippen LogP contribution is 2.22. The Morgan fingerprint density at radius 3 is 2.33 bits per heavy atom. The summed E-state index contributed by atoms with van der Waals surface area (Å²) in [6.45, 7) is 0.362. The lowest BCUT2D eigenvalue weighted by Crippen LogP contribution is -2.13. The first-order valence-corrected chi connectivity index (χ1v) is 11.4. The summed E-state index contributed by atoms with van der Waals surface area (Å²) < 4.78 is 5.81. The number of aryl methyl sites for hydroxylation is 2. The van der Waals surface area contributed by atoms with Crippen molar-refractivity contribution in [1.29, 1.82) is 0 Å². The van der Waals surface area contributed by atoms with Crippen LogP contribution in [-0.4, -0.2) is 34.0 Å². The fourth-order valence-corrected chi connectivity index (χ4v) is 3.79. The molecule has 0 aliphatic carbocycles. The normalized spacial score (nSPS) is 12.8. The molecule has 3 N–H and O–H groups in total. The second-order valence-electron chi connectivity index (χ2n) is 8.28. The summed E-state index contributed by atoms with van der Waals surface area (Å²) in [7, 11) is 0. The number of hydrogen-bond acceptors (Lipinski definition) is 4. The Hall–Kier alpha value is -3.15. The number of benzene rings is 3. The van der Waals surface area contributed by atoms with E-state index in [4.69, 9.17) is 9.84 Å². The predicted octanol–water partition coefficient (Wildman–Crippen LogP) is 4.74. The van der Waals surface area contributed by atoms with Crippen molar-refractivity contribution >= 4 is 5.97 Å². The molecule has 3 rings (SSSR count). The van der Waals surface area contributed by atoms with Crippen LogP contribution in [0.5, 0.6) is 5.75 Å². The Labute approximate surface area is 195 Å². The Bertz CT molecular complexity index is 1000. The Kier molecular flexibility index (Phi) is 9.48.